The molecule has 1 saturated heterocycles. The van der Waals surface area contributed by atoms with E-state index in [2.05, 4.69) is 20.5 Å². The van der Waals surface area contributed by atoms with Gasteiger partial charge in [-0.15, -0.1) is 11.3 Å². The van der Waals surface area contributed by atoms with E-state index in [9.17, 15) is 4.79 Å². The lowest BCUT2D eigenvalue weighted by molar-refractivity contribution is 0.0949. The molecule has 2 aromatic heterocycles. The molecule has 0 aromatic carbocycles. The summed E-state index contributed by atoms with van der Waals surface area (Å²) < 4.78 is 5.36. The molecule has 0 saturated carbocycles. The van der Waals surface area contributed by atoms with Gasteiger partial charge in [0.1, 0.15) is 0 Å². The Kier molecular flexibility index (Phi) is 3.79. The number of hydrogen-bond acceptors (Lipinski definition) is 5. The fourth-order valence-corrected chi connectivity index (χ4v) is 3.02. The fourth-order valence-electron chi connectivity index (χ4n) is 2.30. The maximum atomic E-state index is 12.3. The molecule has 1 fully saturated rings. The second kappa shape index (κ2) is 5.72. The molecular formula is C13H16N4O2S. The van der Waals surface area contributed by atoms with Gasteiger partial charge in [0.05, 0.1) is 41.8 Å². The van der Waals surface area contributed by atoms with E-state index >= 15 is 0 Å². The Morgan fingerprint density at radius 3 is 3.25 bits per heavy atom. The number of rotatable bonds is 4. The Labute approximate surface area is 120 Å². The van der Waals surface area contributed by atoms with E-state index in [1.54, 1.807) is 23.0 Å². The number of aryl methyl sites for hydroxylation is 1. The van der Waals surface area contributed by atoms with Gasteiger partial charge < -0.3 is 10.1 Å². The Bertz CT molecular complexity index is 601. The standard InChI is InChI=1S/C13H16N4O2S/c1-8-11(20-7-15-8)5-14-13(18)10-4-16-17-12(10)9-2-3-19-6-9/h4,7,9H,2-3,5-6H2,1H3,(H,14,18)(H,16,17)/t9-/m1/s1. The van der Waals surface area contributed by atoms with Crippen molar-refractivity contribution in [3.63, 3.8) is 0 Å². The summed E-state index contributed by atoms with van der Waals surface area (Å²) in [5, 5.41) is 9.85. The number of nitrogens with zero attached hydrogens (tertiary/aromatic N) is 2. The summed E-state index contributed by atoms with van der Waals surface area (Å²) in [6, 6.07) is 0. The second-order valence-corrected chi connectivity index (χ2v) is 5.74. The van der Waals surface area contributed by atoms with Crippen LogP contribution in [0.2, 0.25) is 0 Å². The number of amides is 1. The molecule has 3 heterocycles. The zero-order chi connectivity index (χ0) is 13.9. The first-order valence-corrected chi connectivity index (χ1v) is 7.42. The lowest BCUT2D eigenvalue weighted by atomic mass is 10.0. The molecule has 0 bridgehead atoms. The van der Waals surface area contributed by atoms with Crippen LogP contribution in [0, 0.1) is 6.92 Å². The molecular weight excluding hydrogens is 276 g/mol. The SMILES string of the molecule is Cc1ncsc1CNC(=O)c1cn[nH]c1[C@@H]1CCOC1. The Balaban J connectivity index is 1.68. The van der Waals surface area contributed by atoms with Gasteiger partial charge in [-0.3, -0.25) is 9.89 Å². The smallest absolute Gasteiger partial charge is 0.255 e. The summed E-state index contributed by atoms with van der Waals surface area (Å²) in [5.41, 5.74) is 4.24. The van der Waals surface area contributed by atoms with Crippen LogP contribution in [-0.4, -0.2) is 34.3 Å². The zero-order valence-electron chi connectivity index (χ0n) is 11.2. The Morgan fingerprint density at radius 1 is 1.65 bits per heavy atom. The third-order valence-electron chi connectivity index (χ3n) is 3.51. The van der Waals surface area contributed by atoms with Crippen molar-refractivity contribution in [2.45, 2.75) is 25.8 Å². The van der Waals surface area contributed by atoms with Gasteiger partial charge in [-0.05, 0) is 13.3 Å². The Morgan fingerprint density at radius 2 is 2.55 bits per heavy atom. The number of nitrogens with one attached hydrogen (secondary N) is 2. The highest BCUT2D eigenvalue weighted by atomic mass is 32.1. The van der Waals surface area contributed by atoms with Crippen LogP contribution in [0.25, 0.3) is 0 Å². The summed E-state index contributed by atoms with van der Waals surface area (Å²) >= 11 is 1.55. The number of thiazole rings is 1. The van der Waals surface area contributed by atoms with Crippen molar-refractivity contribution in [1.29, 1.82) is 0 Å². The number of hydrogen-bond donors (Lipinski definition) is 2. The van der Waals surface area contributed by atoms with Crippen molar-refractivity contribution in [2.24, 2.45) is 0 Å². The maximum Gasteiger partial charge on any atom is 0.255 e. The monoisotopic (exact) mass is 292 g/mol. The zero-order valence-corrected chi connectivity index (χ0v) is 12.0. The topological polar surface area (TPSA) is 79.9 Å². The van der Waals surface area contributed by atoms with Gasteiger partial charge in [-0.1, -0.05) is 0 Å². The van der Waals surface area contributed by atoms with E-state index in [0.717, 1.165) is 29.3 Å². The van der Waals surface area contributed by atoms with Crippen molar-refractivity contribution in [3.8, 4) is 0 Å². The summed E-state index contributed by atoms with van der Waals surface area (Å²) in [5.74, 6) is 0.136. The lowest BCUT2D eigenvalue weighted by Gasteiger charge is -2.08. The van der Waals surface area contributed by atoms with Crippen molar-refractivity contribution in [2.75, 3.05) is 13.2 Å². The quantitative estimate of drug-likeness (QED) is 0.897. The van der Waals surface area contributed by atoms with Gasteiger partial charge >= 0.3 is 0 Å². The predicted molar refractivity (Wildman–Crippen MR) is 74.8 cm³/mol. The minimum Gasteiger partial charge on any atom is -0.381 e. The van der Waals surface area contributed by atoms with Gasteiger partial charge in [0, 0.05) is 17.4 Å². The molecule has 20 heavy (non-hydrogen) atoms. The van der Waals surface area contributed by atoms with E-state index in [-0.39, 0.29) is 11.8 Å². The molecule has 7 heteroatoms. The van der Waals surface area contributed by atoms with Crippen LogP contribution in [0.15, 0.2) is 11.7 Å². The molecule has 1 amide bonds. The first kappa shape index (κ1) is 13.3. The number of aromatic amines is 1. The number of aromatic nitrogens is 3. The van der Waals surface area contributed by atoms with Gasteiger partial charge in [-0.25, -0.2) is 4.98 Å². The summed E-state index contributed by atoms with van der Waals surface area (Å²) in [4.78, 5) is 17.5. The highest BCUT2D eigenvalue weighted by molar-refractivity contribution is 7.09. The summed E-state index contributed by atoms with van der Waals surface area (Å²) in [6.07, 6.45) is 2.51. The average Bonchev–Trinajstić information content (AvgIpc) is 3.17. The van der Waals surface area contributed by atoms with Gasteiger partial charge in [-0.2, -0.15) is 5.10 Å². The molecule has 0 aliphatic carbocycles. The van der Waals surface area contributed by atoms with E-state index < -0.39 is 0 Å². The van der Waals surface area contributed by atoms with E-state index in [4.69, 9.17) is 4.74 Å². The van der Waals surface area contributed by atoms with E-state index in [1.807, 2.05) is 6.92 Å². The third kappa shape index (κ3) is 2.59. The van der Waals surface area contributed by atoms with Crippen molar-refractivity contribution >= 4 is 17.2 Å². The van der Waals surface area contributed by atoms with Crippen LogP contribution >= 0.6 is 11.3 Å². The van der Waals surface area contributed by atoms with Crippen LogP contribution < -0.4 is 5.32 Å². The lowest BCUT2D eigenvalue weighted by Crippen LogP contribution is -2.24. The Hall–Kier alpha value is -1.73. The van der Waals surface area contributed by atoms with Crippen LogP contribution in [0.1, 0.15) is 39.0 Å². The van der Waals surface area contributed by atoms with Crippen molar-refractivity contribution < 1.29 is 9.53 Å². The highest BCUT2D eigenvalue weighted by Gasteiger charge is 2.25. The van der Waals surface area contributed by atoms with Crippen LogP contribution in [0.4, 0.5) is 0 Å². The van der Waals surface area contributed by atoms with Crippen molar-refractivity contribution in [1.82, 2.24) is 20.5 Å². The second-order valence-electron chi connectivity index (χ2n) is 4.80. The number of ether oxygens (including phenoxy) is 1. The average molecular weight is 292 g/mol. The molecule has 1 atom stereocenters. The molecule has 106 valence electrons. The third-order valence-corrected chi connectivity index (χ3v) is 4.44. The van der Waals surface area contributed by atoms with E-state index in [1.165, 1.54) is 0 Å². The highest BCUT2D eigenvalue weighted by Crippen LogP contribution is 2.26. The first-order valence-electron chi connectivity index (χ1n) is 6.54. The van der Waals surface area contributed by atoms with Gasteiger partial charge in [0.2, 0.25) is 0 Å². The molecule has 0 radical (unpaired) electrons. The molecule has 1 aliphatic rings. The molecule has 2 N–H and O–H groups in total. The van der Waals surface area contributed by atoms with Crippen molar-refractivity contribution in [3.05, 3.63) is 33.5 Å². The normalized spacial score (nSPS) is 18.4. The molecule has 1 aliphatic heterocycles. The number of carbonyl (C=O) groups excluding carboxylic acids is 1. The predicted octanol–water partition coefficient (Wildman–Crippen LogP) is 1.61. The molecule has 0 spiro atoms. The molecule has 0 unspecified atom stereocenters. The summed E-state index contributed by atoms with van der Waals surface area (Å²) in [7, 11) is 0. The van der Waals surface area contributed by atoms with Crippen LogP contribution in [0.3, 0.4) is 0 Å². The van der Waals surface area contributed by atoms with Gasteiger partial charge in [0.25, 0.3) is 5.91 Å². The minimum absolute atomic E-state index is 0.103. The molecule has 2 aromatic rings. The molecule has 3 rings (SSSR count). The van der Waals surface area contributed by atoms with Gasteiger partial charge in [0.15, 0.2) is 0 Å². The van der Waals surface area contributed by atoms with Crippen LogP contribution in [-0.2, 0) is 11.3 Å². The maximum absolute atomic E-state index is 12.3. The first-order chi connectivity index (χ1) is 9.75. The minimum atomic E-state index is -0.103. The largest absolute Gasteiger partial charge is 0.381 e. The number of H-pyrrole nitrogens is 1. The number of carbonyl (C=O) groups is 1. The van der Waals surface area contributed by atoms with E-state index in [0.29, 0.717) is 18.7 Å². The fraction of sp³-hybridized carbons (Fsp3) is 0.462. The van der Waals surface area contributed by atoms with Crippen LogP contribution in [0.5, 0.6) is 0 Å². The molecule has 6 nitrogen and oxygen atoms in total. The summed E-state index contributed by atoms with van der Waals surface area (Å²) in [6.45, 7) is 3.83.